The largest absolute Gasteiger partial charge is 0.477 e. The Kier molecular flexibility index (Phi) is 4.07. The maximum Gasteiger partial charge on any atom is 0.342 e. The number of nitrogens with two attached hydrogens (primary N) is 1. The number of halogens is 5. The van der Waals surface area contributed by atoms with Gasteiger partial charge in [-0.2, -0.15) is 0 Å². The van der Waals surface area contributed by atoms with Crippen LogP contribution in [0.25, 0.3) is 16.7 Å². The predicted molar refractivity (Wildman–Crippen MR) is 83.6 cm³/mol. The van der Waals surface area contributed by atoms with Crippen LogP contribution in [0.2, 0.25) is 5.15 Å². The number of benzene rings is 1. The van der Waals surface area contributed by atoms with E-state index in [0.717, 1.165) is 0 Å². The molecule has 0 saturated carbocycles. The Labute approximate surface area is 146 Å². The maximum absolute atomic E-state index is 14.2. The van der Waals surface area contributed by atoms with E-state index in [4.69, 9.17) is 17.3 Å². The molecule has 11 heteroatoms. The molecule has 0 saturated heterocycles. The van der Waals surface area contributed by atoms with Crippen molar-refractivity contribution in [3.8, 4) is 5.82 Å². The van der Waals surface area contributed by atoms with Gasteiger partial charge in [0.05, 0.1) is 10.9 Å². The quantitative estimate of drug-likeness (QED) is 0.520. The van der Waals surface area contributed by atoms with Gasteiger partial charge in [0.25, 0.3) is 0 Å². The molecular formula is C15H6ClF4N3O3. The average Bonchev–Trinajstić information content (AvgIpc) is 2.54. The van der Waals surface area contributed by atoms with Crippen LogP contribution in [0.5, 0.6) is 0 Å². The monoisotopic (exact) mass is 387 g/mol. The molecule has 2 aromatic heterocycles. The molecule has 0 aliphatic heterocycles. The van der Waals surface area contributed by atoms with Crippen molar-refractivity contribution in [1.82, 2.24) is 9.55 Å². The topological polar surface area (TPSA) is 98.2 Å². The Morgan fingerprint density at radius 1 is 1.08 bits per heavy atom. The van der Waals surface area contributed by atoms with E-state index < -0.39 is 67.9 Å². The van der Waals surface area contributed by atoms with Crippen molar-refractivity contribution in [3.05, 3.63) is 62.4 Å². The van der Waals surface area contributed by atoms with Crippen molar-refractivity contribution in [2.75, 3.05) is 5.73 Å². The van der Waals surface area contributed by atoms with Gasteiger partial charge in [0.1, 0.15) is 10.7 Å². The first kappa shape index (κ1) is 17.7. The van der Waals surface area contributed by atoms with Gasteiger partial charge in [0, 0.05) is 12.1 Å². The van der Waals surface area contributed by atoms with Crippen LogP contribution in [0.15, 0.2) is 23.0 Å². The smallest absolute Gasteiger partial charge is 0.342 e. The molecule has 6 nitrogen and oxygen atoms in total. The molecule has 26 heavy (non-hydrogen) atoms. The van der Waals surface area contributed by atoms with Crippen LogP contribution in [0, 0.1) is 23.3 Å². The first-order chi connectivity index (χ1) is 12.1. The Morgan fingerprint density at radius 2 is 1.69 bits per heavy atom. The summed E-state index contributed by atoms with van der Waals surface area (Å²) in [6, 6.07) is 1.29. The van der Waals surface area contributed by atoms with Gasteiger partial charge in [0.15, 0.2) is 34.9 Å². The minimum absolute atomic E-state index is 0.345. The molecule has 0 atom stereocenters. The molecule has 0 radical (unpaired) electrons. The molecular weight excluding hydrogens is 382 g/mol. The van der Waals surface area contributed by atoms with E-state index in [1.54, 1.807) is 0 Å². The molecule has 1 aromatic carbocycles. The van der Waals surface area contributed by atoms with Crippen LogP contribution < -0.4 is 11.2 Å². The average molecular weight is 388 g/mol. The molecule has 0 aliphatic carbocycles. The van der Waals surface area contributed by atoms with Gasteiger partial charge >= 0.3 is 5.97 Å². The first-order valence-corrected chi connectivity index (χ1v) is 7.09. The summed E-state index contributed by atoms with van der Waals surface area (Å²) in [5, 5.41) is 7.75. The van der Waals surface area contributed by atoms with Crippen molar-refractivity contribution in [3.63, 3.8) is 0 Å². The second kappa shape index (κ2) is 5.99. The molecule has 0 fully saturated rings. The number of anilines is 1. The summed E-state index contributed by atoms with van der Waals surface area (Å²) < 4.78 is 55.3. The molecule has 0 spiro atoms. The number of rotatable bonds is 2. The molecule has 134 valence electrons. The highest BCUT2D eigenvalue weighted by Crippen LogP contribution is 2.28. The van der Waals surface area contributed by atoms with Gasteiger partial charge < -0.3 is 10.8 Å². The fraction of sp³-hybridized carbons (Fsp3) is 0. The predicted octanol–water partition coefficient (Wildman–Crippen LogP) is 2.88. The molecule has 0 bridgehead atoms. The minimum Gasteiger partial charge on any atom is -0.477 e. The van der Waals surface area contributed by atoms with Crippen LogP contribution in [0.3, 0.4) is 0 Å². The van der Waals surface area contributed by atoms with E-state index in [2.05, 4.69) is 4.98 Å². The lowest BCUT2D eigenvalue weighted by atomic mass is 10.1. The van der Waals surface area contributed by atoms with E-state index in [9.17, 15) is 32.3 Å². The van der Waals surface area contributed by atoms with Gasteiger partial charge in [-0.15, -0.1) is 0 Å². The number of pyridine rings is 2. The summed E-state index contributed by atoms with van der Waals surface area (Å²) in [7, 11) is 0. The van der Waals surface area contributed by atoms with Crippen molar-refractivity contribution in [1.29, 1.82) is 0 Å². The van der Waals surface area contributed by atoms with Crippen LogP contribution in [-0.4, -0.2) is 20.6 Å². The maximum atomic E-state index is 14.2. The summed E-state index contributed by atoms with van der Waals surface area (Å²) >= 11 is 5.90. The fourth-order valence-corrected chi connectivity index (χ4v) is 2.71. The number of carbonyl (C=O) groups is 1. The number of aromatic carboxylic acids is 1. The van der Waals surface area contributed by atoms with Crippen LogP contribution in [-0.2, 0) is 0 Å². The highest BCUT2D eigenvalue weighted by atomic mass is 35.5. The second-order valence-corrected chi connectivity index (χ2v) is 5.44. The number of carboxylic acid groups (broad SMARTS) is 1. The summed E-state index contributed by atoms with van der Waals surface area (Å²) in [5.74, 6) is -8.74. The zero-order valence-electron chi connectivity index (χ0n) is 12.4. The summed E-state index contributed by atoms with van der Waals surface area (Å²) in [5.41, 5.74) is 2.54. The number of hydrogen-bond acceptors (Lipinski definition) is 4. The lowest BCUT2D eigenvalue weighted by molar-refractivity contribution is 0.0695. The molecule has 3 aromatic rings. The Balaban J connectivity index is 2.61. The van der Waals surface area contributed by atoms with Gasteiger partial charge in [-0.05, 0) is 6.07 Å². The van der Waals surface area contributed by atoms with Crippen LogP contribution >= 0.6 is 11.6 Å². The number of nitrogens with zero attached hydrogens (tertiary/aromatic N) is 2. The lowest BCUT2D eigenvalue weighted by Crippen LogP contribution is -2.22. The summed E-state index contributed by atoms with van der Waals surface area (Å²) in [4.78, 5) is 27.1. The highest BCUT2D eigenvalue weighted by Gasteiger charge is 2.25. The minimum atomic E-state index is -1.80. The molecule has 0 unspecified atom stereocenters. The number of aromatic nitrogens is 2. The van der Waals surface area contributed by atoms with Crippen LogP contribution in [0.4, 0.5) is 23.4 Å². The zero-order chi connectivity index (χ0) is 19.3. The Hall–Kier alpha value is -3.14. The Morgan fingerprint density at radius 3 is 2.31 bits per heavy atom. The standard InChI is InChI=1S/C15H6ClF4N3O3/c16-12-10(15(25)26)11(24)4-1-5(17)6(18)3-9(4)23(12)14-8(20)2-7(19)13(21)22-14/h1-3H,(H2,21,22)(H,25,26). The molecule has 2 heterocycles. The third-order valence-corrected chi connectivity index (χ3v) is 3.88. The summed E-state index contributed by atoms with van der Waals surface area (Å²) in [6.45, 7) is 0. The van der Waals surface area contributed by atoms with Gasteiger partial charge in [-0.1, -0.05) is 11.6 Å². The van der Waals surface area contributed by atoms with E-state index in [1.807, 2.05) is 0 Å². The van der Waals surface area contributed by atoms with Gasteiger partial charge in [-0.25, -0.2) is 27.3 Å². The molecule has 3 N–H and O–H groups in total. The normalized spacial score (nSPS) is 11.1. The van der Waals surface area contributed by atoms with E-state index in [1.165, 1.54) is 0 Å². The first-order valence-electron chi connectivity index (χ1n) is 6.72. The van der Waals surface area contributed by atoms with Gasteiger partial charge in [-0.3, -0.25) is 9.36 Å². The molecule has 3 rings (SSSR count). The summed E-state index contributed by atoms with van der Waals surface area (Å²) in [6.07, 6.45) is 0. The zero-order valence-corrected chi connectivity index (χ0v) is 13.1. The third kappa shape index (κ3) is 2.54. The molecule has 0 amide bonds. The van der Waals surface area contributed by atoms with E-state index in [-0.39, 0.29) is 0 Å². The highest BCUT2D eigenvalue weighted by molar-refractivity contribution is 6.33. The van der Waals surface area contributed by atoms with Crippen molar-refractivity contribution < 1.29 is 27.5 Å². The SMILES string of the molecule is Nc1nc(-n2c(Cl)c(C(=O)O)c(=O)c3cc(F)c(F)cc32)c(F)cc1F. The van der Waals surface area contributed by atoms with E-state index in [0.29, 0.717) is 22.8 Å². The number of fused-ring (bicyclic) bond motifs is 1. The second-order valence-electron chi connectivity index (χ2n) is 5.08. The number of hydrogen-bond donors (Lipinski definition) is 2. The van der Waals surface area contributed by atoms with Crippen LogP contribution in [0.1, 0.15) is 10.4 Å². The van der Waals surface area contributed by atoms with Crippen molar-refractivity contribution in [2.45, 2.75) is 0 Å². The Bertz CT molecular complexity index is 1160. The van der Waals surface area contributed by atoms with Crippen molar-refractivity contribution >= 4 is 34.3 Å². The fourth-order valence-electron chi connectivity index (χ4n) is 2.37. The van der Waals surface area contributed by atoms with Crippen molar-refractivity contribution in [2.24, 2.45) is 0 Å². The number of carboxylic acids is 1. The van der Waals surface area contributed by atoms with Gasteiger partial charge in [0.2, 0.25) is 5.43 Å². The number of nitrogen functional groups attached to an aromatic ring is 1. The van der Waals surface area contributed by atoms with E-state index >= 15 is 0 Å². The molecule has 0 aliphatic rings. The third-order valence-electron chi connectivity index (χ3n) is 3.52. The lowest BCUT2D eigenvalue weighted by Gasteiger charge is -2.16.